The molecular formula is C11H13N5O2. The minimum atomic E-state index is -0.419. The minimum Gasteiger partial charge on any atom is -0.497 e. The van der Waals surface area contributed by atoms with Gasteiger partial charge in [0.1, 0.15) is 5.75 Å². The third-order valence-electron chi connectivity index (χ3n) is 2.18. The molecule has 94 valence electrons. The number of hydrogen-bond donors (Lipinski definition) is 2. The van der Waals surface area contributed by atoms with Gasteiger partial charge in [0.25, 0.3) is 5.91 Å². The van der Waals surface area contributed by atoms with Gasteiger partial charge in [0, 0.05) is 11.5 Å². The maximum Gasteiger partial charge on any atom is 0.265 e. The molecule has 0 aromatic heterocycles. The van der Waals surface area contributed by atoms with Crippen LogP contribution < -0.4 is 16.0 Å². The summed E-state index contributed by atoms with van der Waals surface area (Å²) in [4.78, 5) is 14.2. The van der Waals surface area contributed by atoms with Gasteiger partial charge in [-0.3, -0.25) is 10.2 Å². The summed E-state index contributed by atoms with van der Waals surface area (Å²) in [5.74, 6) is 5.25. The van der Waals surface area contributed by atoms with Crippen molar-refractivity contribution in [3.8, 4) is 5.75 Å². The summed E-state index contributed by atoms with van der Waals surface area (Å²) in [5.41, 5.74) is 11.2. The second-order valence-electron chi connectivity index (χ2n) is 3.24. The number of nitrogens with zero attached hydrogens (tertiary/aromatic N) is 3. The van der Waals surface area contributed by atoms with E-state index in [1.165, 1.54) is 7.11 Å². The molecule has 1 aromatic rings. The highest BCUT2D eigenvalue weighted by Crippen LogP contribution is 2.18. The van der Waals surface area contributed by atoms with Crippen LogP contribution in [0.4, 0.5) is 0 Å². The Labute approximate surface area is 104 Å². The Balaban J connectivity index is 3.05. The fourth-order valence-corrected chi connectivity index (χ4v) is 1.35. The highest BCUT2D eigenvalue weighted by molar-refractivity contribution is 5.97. The maximum atomic E-state index is 11.6. The fraction of sp³-hybridized carbons (Fsp3) is 0.182. The first kappa shape index (κ1) is 13.6. The Kier molecular flexibility index (Phi) is 5.24. The van der Waals surface area contributed by atoms with Gasteiger partial charge in [-0.25, -0.2) is 5.84 Å². The van der Waals surface area contributed by atoms with Crippen molar-refractivity contribution >= 4 is 12.0 Å². The highest BCUT2D eigenvalue weighted by atomic mass is 16.5. The first-order valence-electron chi connectivity index (χ1n) is 5.09. The molecule has 0 unspecified atom stereocenters. The maximum absolute atomic E-state index is 11.6. The van der Waals surface area contributed by atoms with Crippen molar-refractivity contribution in [2.24, 2.45) is 11.0 Å². The molecule has 0 radical (unpaired) electrons. The molecule has 0 heterocycles. The molecule has 0 aliphatic heterocycles. The Hall–Kier alpha value is -2.50. The molecule has 0 fully saturated rings. The van der Waals surface area contributed by atoms with Crippen molar-refractivity contribution in [2.75, 3.05) is 13.7 Å². The van der Waals surface area contributed by atoms with Crippen LogP contribution in [0.2, 0.25) is 0 Å². The first-order valence-corrected chi connectivity index (χ1v) is 5.09. The van der Waals surface area contributed by atoms with E-state index in [-0.39, 0.29) is 6.54 Å². The molecule has 0 aliphatic rings. The summed E-state index contributed by atoms with van der Waals surface area (Å²) in [6, 6.07) is 5.02. The van der Waals surface area contributed by atoms with E-state index in [2.05, 4.69) is 15.5 Å². The fourth-order valence-electron chi connectivity index (χ4n) is 1.35. The zero-order chi connectivity index (χ0) is 13.4. The number of nitrogen functional groups attached to an aromatic ring is 1. The van der Waals surface area contributed by atoms with E-state index in [0.29, 0.717) is 16.9 Å². The van der Waals surface area contributed by atoms with Gasteiger partial charge in [-0.1, -0.05) is 23.3 Å². The van der Waals surface area contributed by atoms with Crippen molar-refractivity contribution in [3.05, 3.63) is 45.8 Å². The number of carbonyl (C=O) groups excluding carboxylic acids is 1. The third kappa shape index (κ3) is 3.51. The largest absolute Gasteiger partial charge is 0.497 e. The van der Waals surface area contributed by atoms with Gasteiger partial charge in [-0.05, 0) is 23.2 Å². The average molecular weight is 247 g/mol. The number of azide groups is 1. The number of amides is 1. The Morgan fingerprint density at radius 2 is 2.44 bits per heavy atom. The molecule has 0 atom stereocenters. The third-order valence-corrected chi connectivity index (χ3v) is 2.18. The summed E-state index contributed by atoms with van der Waals surface area (Å²) in [5, 5.41) is 3.36. The number of methoxy groups -OCH3 is 1. The normalized spacial score (nSPS) is 9.89. The van der Waals surface area contributed by atoms with Crippen LogP contribution in [0.5, 0.6) is 5.75 Å². The molecule has 18 heavy (non-hydrogen) atoms. The van der Waals surface area contributed by atoms with Crippen molar-refractivity contribution < 1.29 is 9.53 Å². The summed E-state index contributed by atoms with van der Waals surface area (Å²) in [7, 11) is 1.51. The predicted molar refractivity (Wildman–Crippen MR) is 67.7 cm³/mol. The predicted octanol–water partition coefficient (Wildman–Crippen LogP) is 1.62. The molecular weight excluding hydrogens is 234 g/mol. The number of hydrazine groups is 1. The zero-order valence-electron chi connectivity index (χ0n) is 9.83. The molecule has 7 heteroatoms. The van der Waals surface area contributed by atoms with Gasteiger partial charge in [-0.2, -0.15) is 0 Å². The average Bonchev–Trinajstić information content (AvgIpc) is 2.42. The van der Waals surface area contributed by atoms with Crippen LogP contribution in [0.3, 0.4) is 0 Å². The minimum absolute atomic E-state index is 0.214. The molecule has 1 amide bonds. The molecule has 1 aromatic carbocycles. The van der Waals surface area contributed by atoms with Gasteiger partial charge in [0.05, 0.1) is 12.7 Å². The van der Waals surface area contributed by atoms with E-state index >= 15 is 0 Å². The summed E-state index contributed by atoms with van der Waals surface area (Å²) >= 11 is 0. The lowest BCUT2D eigenvalue weighted by atomic mass is 10.1. The van der Waals surface area contributed by atoms with Crippen molar-refractivity contribution in [2.45, 2.75) is 0 Å². The zero-order valence-corrected chi connectivity index (χ0v) is 9.83. The second kappa shape index (κ2) is 6.95. The van der Waals surface area contributed by atoms with Crippen LogP contribution in [0.1, 0.15) is 15.9 Å². The topological polar surface area (TPSA) is 113 Å². The lowest BCUT2D eigenvalue weighted by molar-refractivity contribution is 0.0953. The number of hydrogen-bond acceptors (Lipinski definition) is 4. The smallest absolute Gasteiger partial charge is 0.265 e. The van der Waals surface area contributed by atoms with Crippen LogP contribution in [0.25, 0.3) is 16.5 Å². The SMILES string of the molecule is COc1ccc(C=CCN=[N+]=[N-])c(C(=O)NN)c1. The van der Waals surface area contributed by atoms with Gasteiger partial charge in [0.15, 0.2) is 0 Å². The summed E-state index contributed by atoms with van der Waals surface area (Å²) < 4.78 is 5.04. The Morgan fingerprint density at radius 3 is 3.06 bits per heavy atom. The number of nitrogens with two attached hydrogens (primary N) is 1. The van der Waals surface area contributed by atoms with Crippen LogP contribution in [0.15, 0.2) is 29.4 Å². The molecule has 7 nitrogen and oxygen atoms in total. The number of benzene rings is 1. The molecule has 3 N–H and O–H groups in total. The summed E-state index contributed by atoms with van der Waals surface area (Å²) in [6.07, 6.45) is 3.33. The second-order valence-corrected chi connectivity index (χ2v) is 3.24. The van der Waals surface area contributed by atoms with E-state index in [4.69, 9.17) is 16.1 Å². The van der Waals surface area contributed by atoms with Crippen LogP contribution in [-0.2, 0) is 0 Å². The number of rotatable bonds is 5. The molecule has 0 spiro atoms. The standard InChI is InChI=1S/C11H13N5O2/c1-18-9-5-4-8(3-2-6-14-16-13)10(7-9)11(17)15-12/h2-5,7H,6,12H2,1H3,(H,15,17). The first-order chi connectivity index (χ1) is 8.72. The van der Waals surface area contributed by atoms with Crippen LogP contribution >= 0.6 is 0 Å². The summed E-state index contributed by atoms with van der Waals surface area (Å²) in [6.45, 7) is 0.214. The van der Waals surface area contributed by atoms with Crippen molar-refractivity contribution in [3.63, 3.8) is 0 Å². The number of carbonyl (C=O) groups is 1. The van der Waals surface area contributed by atoms with E-state index in [1.807, 2.05) is 0 Å². The Bertz CT molecular complexity index is 506. The van der Waals surface area contributed by atoms with Gasteiger partial charge < -0.3 is 4.74 Å². The van der Waals surface area contributed by atoms with Crippen LogP contribution in [0, 0.1) is 0 Å². The molecule has 0 saturated heterocycles. The number of ether oxygens (including phenoxy) is 1. The lowest BCUT2D eigenvalue weighted by Crippen LogP contribution is -2.30. The van der Waals surface area contributed by atoms with E-state index < -0.39 is 5.91 Å². The molecule has 0 saturated carbocycles. The van der Waals surface area contributed by atoms with E-state index in [1.54, 1.807) is 30.4 Å². The van der Waals surface area contributed by atoms with Crippen molar-refractivity contribution in [1.82, 2.24) is 5.43 Å². The molecule has 0 bridgehead atoms. The number of nitrogens with one attached hydrogen (secondary N) is 1. The monoisotopic (exact) mass is 247 g/mol. The highest BCUT2D eigenvalue weighted by Gasteiger charge is 2.09. The van der Waals surface area contributed by atoms with Crippen molar-refractivity contribution in [1.29, 1.82) is 0 Å². The quantitative estimate of drug-likeness (QED) is 0.206. The van der Waals surface area contributed by atoms with Gasteiger partial charge >= 0.3 is 0 Å². The van der Waals surface area contributed by atoms with Gasteiger partial charge in [-0.15, -0.1) is 0 Å². The van der Waals surface area contributed by atoms with Crippen LogP contribution in [-0.4, -0.2) is 19.6 Å². The van der Waals surface area contributed by atoms with E-state index in [0.717, 1.165) is 0 Å². The molecule has 1 rings (SSSR count). The molecule has 0 aliphatic carbocycles. The van der Waals surface area contributed by atoms with E-state index in [9.17, 15) is 4.79 Å². The lowest BCUT2D eigenvalue weighted by Gasteiger charge is -2.07. The Morgan fingerprint density at radius 1 is 1.67 bits per heavy atom. The van der Waals surface area contributed by atoms with Gasteiger partial charge in [0.2, 0.25) is 0 Å².